The van der Waals surface area contributed by atoms with E-state index in [0.717, 1.165) is 37.2 Å². The molecule has 0 saturated heterocycles. The molecule has 0 amide bonds. The topological polar surface area (TPSA) is 56.9 Å². The van der Waals surface area contributed by atoms with Gasteiger partial charge < -0.3 is 5.11 Å². The predicted molar refractivity (Wildman–Crippen MR) is 69.5 cm³/mol. The SMILES string of the molecule is CCC1CCC(C#N)(C(O)c2ccncc2)CC1. The largest absolute Gasteiger partial charge is 0.387 e. The Hall–Kier alpha value is -1.40. The first-order chi connectivity index (χ1) is 8.72. The van der Waals surface area contributed by atoms with E-state index >= 15 is 0 Å². The Labute approximate surface area is 108 Å². The van der Waals surface area contributed by atoms with Crippen molar-refractivity contribution >= 4 is 0 Å². The molecule has 2 rings (SSSR count). The molecule has 1 fully saturated rings. The van der Waals surface area contributed by atoms with Crippen LogP contribution in [0.4, 0.5) is 0 Å². The highest BCUT2D eigenvalue weighted by atomic mass is 16.3. The molecule has 0 radical (unpaired) electrons. The Bertz CT molecular complexity index is 416. The molecule has 3 heteroatoms. The molecule has 1 aromatic rings. The second-order valence-corrected chi connectivity index (χ2v) is 5.30. The normalized spacial score (nSPS) is 29.5. The van der Waals surface area contributed by atoms with Gasteiger partial charge in [0.2, 0.25) is 0 Å². The van der Waals surface area contributed by atoms with E-state index in [2.05, 4.69) is 18.0 Å². The van der Waals surface area contributed by atoms with Crippen LogP contribution in [0.2, 0.25) is 0 Å². The van der Waals surface area contributed by atoms with Crippen LogP contribution in [-0.2, 0) is 0 Å². The van der Waals surface area contributed by atoms with Crippen molar-refractivity contribution < 1.29 is 5.11 Å². The van der Waals surface area contributed by atoms with Crippen molar-refractivity contribution in [2.75, 3.05) is 0 Å². The van der Waals surface area contributed by atoms with Crippen molar-refractivity contribution in [3.05, 3.63) is 30.1 Å². The summed E-state index contributed by atoms with van der Waals surface area (Å²) in [6.45, 7) is 2.20. The van der Waals surface area contributed by atoms with Crippen molar-refractivity contribution in [3.63, 3.8) is 0 Å². The van der Waals surface area contributed by atoms with E-state index in [1.54, 1.807) is 24.5 Å². The van der Waals surface area contributed by atoms with Gasteiger partial charge in [-0.2, -0.15) is 5.26 Å². The Kier molecular flexibility index (Phi) is 3.98. The van der Waals surface area contributed by atoms with Crippen LogP contribution in [0.1, 0.15) is 50.7 Å². The van der Waals surface area contributed by atoms with Crippen LogP contribution < -0.4 is 0 Å². The molecule has 96 valence electrons. The Morgan fingerprint density at radius 3 is 2.56 bits per heavy atom. The summed E-state index contributed by atoms with van der Waals surface area (Å²) in [5.74, 6) is 0.719. The van der Waals surface area contributed by atoms with Gasteiger partial charge in [0.25, 0.3) is 0 Å². The first-order valence-corrected chi connectivity index (χ1v) is 6.71. The maximum atomic E-state index is 10.5. The van der Waals surface area contributed by atoms with Gasteiger partial charge in [0.05, 0.1) is 17.6 Å². The van der Waals surface area contributed by atoms with Crippen LogP contribution in [0.15, 0.2) is 24.5 Å². The van der Waals surface area contributed by atoms with Crippen molar-refractivity contribution in [2.24, 2.45) is 11.3 Å². The molecule has 1 aromatic heterocycles. The minimum atomic E-state index is -0.691. The van der Waals surface area contributed by atoms with Crippen molar-refractivity contribution in [2.45, 2.75) is 45.1 Å². The van der Waals surface area contributed by atoms with E-state index in [1.807, 2.05) is 0 Å². The molecule has 1 aliphatic carbocycles. The van der Waals surface area contributed by atoms with E-state index < -0.39 is 11.5 Å². The third-order valence-corrected chi connectivity index (χ3v) is 4.34. The summed E-state index contributed by atoms with van der Waals surface area (Å²) in [6, 6.07) is 5.99. The lowest BCUT2D eigenvalue weighted by molar-refractivity contribution is 0.0242. The summed E-state index contributed by atoms with van der Waals surface area (Å²) < 4.78 is 0. The highest BCUT2D eigenvalue weighted by molar-refractivity contribution is 5.21. The number of aromatic nitrogens is 1. The van der Waals surface area contributed by atoms with Gasteiger partial charge in [0.1, 0.15) is 0 Å². The zero-order chi connectivity index (χ0) is 13.0. The van der Waals surface area contributed by atoms with Crippen LogP contribution in [0.3, 0.4) is 0 Å². The van der Waals surface area contributed by atoms with Gasteiger partial charge in [-0.05, 0) is 49.3 Å². The maximum Gasteiger partial charge on any atom is 0.0977 e. The van der Waals surface area contributed by atoms with E-state index in [-0.39, 0.29) is 0 Å². The van der Waals surface area contributed by atoms with Crippen LogP contribution in [0.5, 0.6) is 0 Å². The minimum absolute atomic E-state index is 0.604. The summed E-state index contributed by atoms with van der Waals surface area (Å²) in [4.78, 5) is 3.95. The van der Waals surface area contributed by atoms with Crippen molar-refractivity contribution in [1.29, 1.82) is 5.26 Å². The minimum Gasteiger partial charge on any atom is -0.387 e. The Morgan fingerprint density at radius 2 is 2.06 bits per heavy atom. The lowest BCUT2D eigenvalue weighted by atomic mass is 9.66. The highest BCUT2D eigenvalue weighted by Crippen LogP contribution is 2.47. The van der Waals surface area contributed by atoms with Crippen LogP contribution in [0.25, 0.3) is 0 Å². The molecule has 1 N–H and O–H groups in total. The van der Waals surface area contributed by atoms with Gasteiger partial charge in [-0.3, -0.25) is 4.98 Å². The number of aliphatic hydroxyl groups excluding tert-OH is 1. The molecule has 1 saturated carbocycles. The molecule has 1 heterocycles. The van der Waals surface area contributed by atoms with Gasteiger partial charge in [-0.25, -0.2) is 0 Å². The molecule has 0 aromatic carbocycles. The van der Waals surface area contributed by atoms with Crippen LogP contribution in [-0.4, -0.2) is 10.1 Å². The van der Waals surface area contributed by atoms with Crippen molar-refractivity contribution in [1.82, 2.24) is 4.98 Å². The predicted octanol–water partition coefficient (Wildman–Crippen LogP) is 3.23. The standard InChI is InChI=1S/C15H20N2O/c1-2-12-3-7-15(11-16,8-4-12)14(18)13-5-9-17-10-6-13/h5-6,9-10,12,14,18H,2-4,7-8H2,1H3. The fourth-order valence-electron chi connectivity index (χ4n) is 2.91. The average Bonchev–Trinajstić information content (AvgIpc) is 2.47. The van der Waals surface area contributed by atoms with Gasteiger partial charge in [0, 0.05) is 12.4 Å². The molecule has 1 unspecified atom stereocenters. The third kappa shape index (κ3) is 2.39. The Balaban J connectivity index is 2.17. The monoisotopic (exact) mass is 244 g/mol. The molecule has 1 atom stereocenters. The molecule has 0 aliphatic heterocycles. The molecule has 3 nitrogen and oxygen atoms in total. The zero-order valence-corrected chi connectivity index (χ0v) is 10.8. The van der Waals surface area contributed by atoms with E-state index in [9.17, 15) is 10.4 Å². The van der Waals surface area contributed by atoms with Crippen molar-refractivity contribution in [3.8, 4) is 6.07 Å². The van der Waals surface area contributed by atoms with Gasteiger partial charge in [-0.1, -0.05) is 13.3 Å². The highest BCUT2D eigenvalue weighted by Gasteiger charge is 2.42. The number of hydrogen-bond donors (Lipinski definition) is 1. The van der Waals surface area contributed by atoms with E-state index in [4.69, 9.17) is 0 Å². The number of nitrogens with zero attached hydrogens (tertiary/aromatic N) is 2. The van der Waals surface area contributed by atoms with Crippen LogP contribution in [0, 0.1) is 22.7 Å². The summed E-state index contributed by atoms with van der Waals surface area (Å²) >= 11 is 0. The second kappa shape index (κ2) is 5.49. The summed E-state index contributed by atoms with van der Waals surface area (Å²) in [7, 11) is 0. The zero-order valence-electron chi connectivity index (χ0n) is 10.8. The first-order valence-electron chi connectivity index (χ1n) is 6.71. The van der Waals surface area contributed by atoms with E-state index in [0.29, 0.717) is 0 Å². The van der Waals surface area contributed by atoms with Crippen LogP contribution >= 0.6 is 0 Å². The molecule has 0 spiro atoms. The van der Waals surface area contributed by atoms with Gasteiger partial charge in [-0.15, -0.1) is 0 Å². The quantitative estimate of drug-likeness (QED) is 0.888. The molecule has 18 heavy (non-hydrogen) atoms. The summed E-state index contributed by atoms with van der Waals surface area (Å²) in [5, 5.41) is 20.0. The molecular weight excluding hydrogens is 224 g/mol. The lowest BCUT2D eigenvalue weighted by Gasteiger charge is -2.38. The fraction of sp³-hybridized carbons (Fsp3) is 0.600. The molecule has 1 aliphatic rings. The first kappa shape index (κ1) is 13.0. The third-order valence-electron chi connectivity index (χ3n) is 4.34. The second-order valence-electron chi connectivity index (χ2n) is 5.30. The number of rotatable bonds is 3. The Morgan fingerprint density at radius 1 is 1.44 bits per heavy atom. The lowest BCUT2D eigenvalue weighted by Crippen LogP contribution is -2.32. The molecule has 0 bridgehead atoms. The summed E-state index contributed by atoms with van der Waals surface area (Å²) in [6.07, 6.45) is 7.51. The van der Waals surface area contributed by atoms with Gasteiger partial charge in [0.15, 0.2) is 0 Å². The number of nitriles is 1. The number of aliphatic hydroxyl groups is 1. The summed E-state index contributed by atoms with van der Waals surface area (Å²) in [5.41, 5.74) is 0.203. The number of hydrogen-bond acceptors (Lipinski definition) is 3. The average molecular weight is 244 g/mol. The van der Waals surface area contributed by atoms with E-state index in [1.165, 1.54) is 6.42 Å². The maximum absolute atomic E-state index is 10.5. The number of pyridine rings is 1. The van der Waals surface area contributed by atoms with Gasteiger partial charge >= 0.3 is 0 Å². The smallest absolute Gasteiger partial charge is 0.0977 e. The molecular formula is C15H20N2O. The fourth-order valence-corrected chi connectivity index (χ4v) is 2.91.